The number of rotatable bonds is 9. The van der Waals surface area contributed by atoms with Crippen LogP contribution < -0.4 is 9.46 Å². The fraction of sp³-hybridized carbons (Fsp3) is 0.188. The van der Waals surface area contributed by atoms with Crippen molar-refractivity contribution in [1.29, 1.82) is 0 Å². The van der Waals surface area contributed by atoms with Gasteiger partial charge in [-0.3, -0.25) is 9.52 Å². The van der Waals surface area contributed by atoms with Gasteiger partial charge in [0, 0.05) is 10.5 Å². The zero-order chi connectivity index (χ0) is 29.1. The molecule has 0 radical (unpaired) electrons. The van der Waals surface area contributed by atoms with Gasteiger partial charge in [0.15, 0.2) is 0 Å². The second-order valence-corrected chi connectivity index (χ2v) is 10.7. The molecule has 41 heavy (non-hydrogen) atoms. The maximum Gasteiger partial charge on any atom is 0.418 e. The molecule has 1 atom stereocenters. The average molecular weight is 576 g/mol. The van der Waals surface area contributed by atoms with Crippen LogP contribution in [0.15, 0.2) is 89.8 Å². The van der Waals surface area contributed by atoms with Gasteiger partial charge >= 0.3 is 12.1 Å². The zero-order valence-corrected chi connectivity index (χ0v) is 23.1. The molecule has 0 unspecified atom stereocenters. The van der Waals surface area contributed by atoms with Gasteiger partial charge in [0.25, 0.3) is 0 Å². The Labute approximate surface area is 240 Å². The van der Waals surface area contributed by atoms with E-state index >= 15 is 0 Å². The maximum atomic E-state index is 14.2. The number of methoxy groups -OCH3 is 1. The van der Waals surface area contributed by atoms with Crippen molar-refractivity contribution in [3.05, 3.63) is 108 Å². The molecule has 4 aromatic carbocycles. The molecule has 1 aliphatic rings. The lowest BCUT2D eigenvalue weighted by molar-refractivity contribution is -0.140. The van der Waals surface area contributed by atoms with Crippen molar-refractivity contribution in [3.8, 4) is 28.0 Å². The third-order valence-corrected chi connectivity index (χ3v) is 8.04. The minimum atomic E-state index is -0.802. The SMILES string of the molecule is COc1cc(-c2ccc(F)cc2SNC(=O)O[C@H](C)c2cccc(F)c2)ccc1-c1ccc(C2(C(=O)O)CC2)cc1. The van der Waals surface area contributed by atoms with E-state index in [-0.39, 0.29) is 0 Å². The summed E-state index contributed by atoms with van der Waals surface area (Å²) in [4.78, 5) is 24.6. The lowest BCUT2D eigenvalue weighted by atomic mass is 9.93. The summed E-state index contributed by atoms with van der Waals surface area (Å²) < 4.78 is 41.3. The number of hydrogen-bond acceptors (Lipinski definition) is 5. The largest absolute Gasteiger partial charge is 0.496 e. The second-order valence-electron chi connectivity index (χ2n) is 9.83. The normalized spacial score (nSPS) is 14.1. The Hall–Kier alpha value is -4.37. The maximum absolute atomic E-state index is 14.2. The standard InChI is InChI=1S/C32H27F2NO5S/c1-19(21-4-3-5-24(33)16-21)40-31(38)35-41-29-18-25(34)11-13-27(29)22-8-12-26(28(17-22)39-2)20-6-9-23(10-7-20)32(14-15-32)30(36)37/h3-13,16-19H,14-15H2,1-2H3,(H,35,38)(H,36,37)/t19-/m1/s1. The van der Waals surface area contributed by atoms with Gasteiger partial charge in [0.05, 0.1) is 12.5 Å². The van der Waals surface area contributed by atoms with Gasteiger partial charge in [-0.15, -0.1) is 0 Å². The number of carbonyl (C=O) groups excluding carboxylic acids is 1. The Morgan fingerprint density at radius 1 is 0.902 bits per heavy atom. The third-order valence-electron chi connectivity index (χ3n) is 7.21. The van der Waals surface area contributed by atoms with Crippen LogP contribution in [0.2, 0.25) is 0 Å². The van der Waals surface area contributed by atoms with Gasteiger partial charge in [-0.25, -0.2) is 13.6 Å². The summed E-state index contributed by atoms with van der Waals surface area (Å²) in [7, 11) is 1.55. The molecule has 5 rings (SSSR count). The summed E-state index contributed by atoms with van der Waals surface area (Å²) in [6.07, 6.45) is -0.176. The molecular weight excluding hydrogens is 548 g/mol. The number of nitrogens with one attached hydrogen (secondary N) is 1. The van der Waals surface area contributed by atoms with Crippen molar-refractivity contribution in [3.63, 3.8) is 0 Å². The van der Waals surface area contributed by atoms with Crippen LogP contribution in [0.5, 0.6) is 5.75 Å². The van der Waals surface area contributed by atoms with Crippen LogP contribution in [-0.2, 0) is 14.9 Å². The first-order valence-corrected chi connectivity index (χ1v) is 13.7. The van der Waals surface area contributed by atoms with E-state index in [1.54, 1.807) is 26.2 Å². The van der Waals surface area contributed by atoms with E-state index in [2.05, 4.69) is 4.72 Å². The number of halogens is 2. The van der Waals surface area contributed by atoms with E-state index in [1.807, 2.05) is 42.5 Å². The van der Waals surface area contributed by atoms with Crippen LogP contribution in [0, 0.1) is 11.6 Å². The molecule has 1 aliphatic carbocycles. The van der Waals surface area contributed by atoms with Crippen LogP contribution in [0.3, 0.4) is 0 Å². The average Bonchev–Trinajstić information content (AvgIpc) is 3.78. The van der Waals surface area contributed by atoms with Crippen molar-refractivity contribution in [1.82, 2.24) is 4.72 Å². The van der Waals surface area contributed by atoms with Crippen molar-refractivity contribution in [2.75, 3.05) is 7.11 Å². The number of carboxylic acid groups (broad SMARTS) is 1. The molecule has 1 fully saturated rings. The van der Waals surface area contributed by atoms with E-state index in [0.29, 0.717) is 34.6 Å². The number of carbonyl (C=O) groups is 2. The highest BCUT2D eigenvalue weighted by atomic mass is 32.2. The zero-order valence-electron chi connectivity index (χ0n) is 22.3. The molecule has 0 saturated heterocycles. The molecule has 0 heterocycles. The summed E-state index contributed by atoms with van der Waals surface area (Å²) >= 11 is 0.903. The number of benzene rings is 4. The fourth-order valence-electron chi connectivity index (χ4n) is 4.74. The van der Waals surface area contributed by atoms with Crippen LogP contribution in [0.1, 0.15) is 37.0 Å². The topological polar surface area (TPSA) is 84.9 Å². The molecule has 0 aliphatic heterocycles. The Kier molecular flexibility index (Phi) is 7.99. The second kappa shape index (κ2) is 11.6. The number of aliphatic carboxylic acids is 1. The first-order valence-electron chi connectivity index (χ1n) is 12.9. The van der Waals surface area contributed by atoms with Crippen molar-refractivity contribution >= 4 is 24.0 Å². The van der Waals surface area contributed by atoms with Crippen molar-refractivity contribution in [2.24, 2.45) is 0 Å². The van der Waals surface area contributed by atoms with Gasteiger partial charge in [0.2, 0.25) is 0 Å². The molecule has 1 amide bonds. The number of ether oxygens (including phenoxy) is 2. The highest BCUT2D eigenvalue weighted by Crippen LogP contribution is 2.49. The molecule has 2 N–H and O–H groups in total. The molecule has 0 spiro atoms. The lowest BCUT2D eigenvalue weighted by Gasteiger charge is -2.16. The first kappa shape index (κ1) is 28.2. The fourth-order valence-corrected chi connectivity index (χ4v) is 5.45. The molecule has 4 aromatic rings. The Morgan fingerprint density at radius 2 is 1.59 bits per heavy atom. The molecule has 6 nitrogen and oxygen atoms in total. The van der Waals surface area contributed by atoms with Gasteiger partial charge in [0.1, 0.15) is 23.5 Å². The lowest BCUT2D eigenvalue weighted by Crippen LogP contribution is -2.19. The van der Waals surface area contributed by atoms with Crippen molar-refractivity contribution < 1.29 is 33.0 Å². The Balaban J connectivity index is 1.34. The van der Waals surface area contributed by atoms with Gasteiger partial charge in [-0.2, -0.15) is 0 Å². The molecule has 0 bridgehead atoms. The molecule has 210 valence electrons. The van der Waals surface area contributed by atoms with E-state index in [9.17, 15) is 23.5 Å². The quantitative estimate of drug-likeness (QED) is 0.197. The van der Waals surface area contributed by atoms with Gasteiger partial charge < -0.3 is 14.6 Å². The summed E-state index contributed by atoms with van der Waals surface area (Å²) in [5.74, 6) is -1.13. The van der Waals surface area contributed by atoms with Gasteiger partial charge in [-0.05, 0) is 89.9 Å². The minimum absolute atomic E-state index is 0.430. The summed E-state index contributed by atoms with van der Waals surface area (Å²) in [5, 5.41) is 9.58. The predicted molar refractivity (Wildman–Crippen MR) is 153 cm³/mol. The minimum Gasteiger partial charge on any atom is -0.496 e. The summed E-state index contributed by atoms with van der Waals surface area (Å²) in [6.45, 7) is 1.63. The Bertz CT molecular complexity index is 1600. The first-order chi connectivity index (χ1) is 19.7. The van der Waals surface area contributed by atoms with E-state index < -0.39 is 35.2 Å². The summed E-state index contributed by atoms with van der Waals surface area (Å²) in [6, 6.07) is 23.1. The predicted octanol–water partition coefficient (Wildman–Crippen LogP) is 7.92. The van der Waals surface area contributed by atoms with Crippen LogP contribution in [-0.4, -0.2) is 24.3 Å². The van der Waals surface area contributed by atoms with Crippen LogP contribution in [0.4, 0.5) is 13.6 Å². The number of hydrogen-bond donors (Lipinski definition) is 2. The molecule has 1 saturated carbocycles. The number of carboxylic acids is 1. The molecular formula is C32H27F2NO5S. The van der Waals surface area contributed by atoms with Crippen molar-refractivity contribution in [2.45, 2.75) is 36.2 Å². The highest BCUT2D eigenvalue weighted by molar-refractivity contribution is 7.98. The number of amides is 1. The Morgan fingerprint density at radius 3 is 2.24 bits per heavy atom. The van der Waals surface area contributed by atoms with Gasteiger partial charge in [-0.1, -0.05) is 54.6 Å². The van der Waals surface area contributed by atoms with Crippen LogP contribution >= 0.6 is 11.9 Å². The van der Waals surface area contributed by atoms with E-state index in [4.69, 9.17) is 9.47 Å². The highest BCUT2D eigenvalue weighted by Gasteiger charge is 2.51. The monoisotopic (exact) mass is 575 g/mol. The van der Waals surface area contributed by atoms with Crippen LogP contribution in [0.25, 0.3) is 22.3 Å². The van der Waals surface area contributed by atoms with E-state index in [1.165, 1.54) is 30.3 Å². The summed E-state index contributed by atoms with van der Waals surface area (Å²) in [5.41, 5.74) is 3.58. The molecule has 9 heteroatoms. The smallest absolute Gasteiger partial charge is 0.418 e. The molecule has 0 aromatic heterocycles. The van der Waals surface area contributed by atoms with E-state index in [0.717, 1.165) is 34.2 Å². The third kappa shape index (κ3) is 6.05.